The zero-order valence-electron chi connectivity index (χ0n) is 10.6. The topological polar surface area (TPSA) is 65.7 Å². The van der Waals surface area contributed by atoms with Crippen LogP contribution in [0.1, 0.15) is 26.2 Å². The van der Waals surface area contributed by atoms with E-state index in [0.717, 1.165) is 45.7 Å². The van der Waals surface area contributed by atoms with Gasteiger partial charge in [0.15, 0.2) is 0 Å². The molecule has 0 bridgehead atoms. The predicted molar refractivity (Wildman–Crippen MR) is 64.4 cm³/mol. The maximum atomic E-state index is 5.92. The highest BCUT2D eigenvalue weighted by Gasteiger charge is 2.42. The fourth-order valence-corrected chi connectivity index (χ4v) is 2.84. The van der Waals surface area contributed by atoms with Crippen molar-refractivity contribution in [3.05, 3.63) is 0 Å². The van der Waals surface area contributed by atoms with E-state index >= 15 is 0 Å². The average Bonchev–Trinajstić information content (AvgIpc) is 2.78. The van der Waals surface area contributed by atoms with Gasteiger partial charge in [-0.3, -0.25) is 11.3 Å². The normalized spacial score (nSPS) is 35.3. The first-order chi connectivity index (χ1) is 8.29. The minimum Gasteiger partial charge on any atom is -0.380 e. The van der Waals surface area contributed by atoms with Crippen LogP contribution in [0, 0.1) is 5.92 Å². The Morgan fingerprint density at radius 1 is 1.53 bits per heavy atom. The molecule has 5 heteroatoms. The molecule has 1 spiro atoms. The largest absolute Gasteiger partial charge is 0.380 e. The third-order valence-electron chi connectivity index (χ3n) is 3.88. The summed E-state index contributed by atoms with van der Waals surface area (Å²) in [6, 6.07) is 0.219. The second-order valence-electron chi connectivity index (χ2n) is 5.02. The standard InChI is InChI=1S/C12H24N2O3/c1-2-15-8-11(14-13)10-3-5-17-12(7-10)4-6-16-9-12/h10-11,14H,2-9,13H2,1H3. The van der Waals surface area contributed by atoms with Gasteiger partial charge in [-0.05, 0) is 25.7 Å². The molecule has 0 aromatic rings. The lowest BCUT2D eigenvalue weighted by Gasteiger charge is -2.40. The fraction of sp³-hybridized carbons (Fsp3) is 1.00. The molecule has 0 aromatic carbocycles. The summed E-state index contributed by atoms with van der Waals surface area (Å²) < 4.78 is 16.9. The first kappa shape index (κ1) is 13.2. The van der Waals surface area contributed by atoms with Crippen molar-refractivity contribution < 1.29 is 14.2 Å². The Bertz CT molecular complexity index is 232. The molecular formula is C12H24N2O3. The molecule has 0 aromatic heterocycles. The Labute approximate surface area is 103 Å². The highest BCUT2D eigenvalue weighted by molar-refractivity contribution is 4.93. The van der Waals surface area contributed by atoms with Gasteiger partial charge in [-0.15, -0.1) is 0 Å². The Morgan fingerprint density at radius 2 is 2.41 bits per heavy atom. The van der Waals surface area contributed by atoms with Crippen LogP contribution >= 0.6 is 0 Å². The number of ether oxygens (including phenoxy) is 3. The van der Waals surface area contributed by atoms with E-state index in [1.54, 1.807) is 0 Å². The van der Waals surface area contributed by atoms with Crippen LogP contribution in [0.15, 0.2) is 0 Å². The van der Waals surface area contributed by atoms with E-state index in [2.05, 4.69) is 5.43 Å². The van der Waals surface area contributed by atoms with Crippen LogP contribution in [-0.2, 0) is 14.2 Å². The first-order valence-electron chi connectivity index (χ1n) is 6.55. The Morgan fingerprint density at radius 3 is 3.06 bits per heavy atom. The minimum absolute atomic E-state index is 0.0514. The van der Waals surface area contributed by atoms with Crippen molar-refractivity contribution in [3.8, 4) is 0 Å². The second-order valence-corrected chi connectivity index (χ2v) is 5.02. The van der Waals surface area contributed by atoms with Crippen molar-refractivity contribution in [1.82, 2.24) is 5.43 Å². The van der Waals surface area contributed by atoms with E-state index in [1.165, 1.54) is 0 Å². The summed E-state index contributed by atoms with van der Waals surface area (Å²) in [4.78, 5) is 0. The fourth-order valence-electron chi connectivity index (χ4n) is 2.84. The molecule has 0 radical (unpaired) electrons. The van der Waals surface area contributed by atoms with Gasteiger partial charge < -0.3 is 14.2 Å². The summed E-state index contributed by atoms with van der Waals surface area (Å²) in [5.74, 6) is 6.15. The Hall–Kier alpha value is -0.200. The van der Waals surface area contributed by atoms with E-state index in [0.29, 0.717) is 12.5 Å². The van der Waals surface area contributed by atoms with Crippen LogP contribution in [0.2, 0.25) is 0 Å². The first-order valence-corrected chi connectivity index (χ1v) is 6.55. The predicted octanol–water partition coefficient (Wildman–Crippen LogP) is 0.441. The van der Waals surface area contributed by atoms with E-state index in [9.17, 15) is 0 Å². The van der Waals surface area contributed by atoms with Crippen LogP contribution < -0.4 is 11.3 Å². The molecule has 2 rings (SSSR count). The summed E-state index contributed by atoms with van der Waals surface area (Å²) in [7, 11) is 0. The zero-order chi connectivity index (χ0) is 12.1. The summed E-state index contributed by atoms with van der Waals surface area (Å²) in [5.41, 5.74) is 2.84. The third kappa shape index (κ3) is 3.17. The third-order valence-corrected chi connectivity index (χ3v) is 3.88. The molecule has 0 amide bonds. The quantitative estimate of drug-likeness (QED) is 0.543. The molecule has 0 saturated carbocycles. The molecule has 2 heterocycles. The molecule has 3 N–H and O–H groups in total. The number of hydrogen-bond donors (Lipinski definition) is 2. The van der Waals surface area contributed by atoms with Crippen LogP contribution in [0.4, 0.5) is 0 Å². The van der Waals surface area contributed by atoms with Crippen molar-refractivity contribution in [3.63, 3.8) is 0 Å². The van der Waals surface area contributed by atoms with Crippen molar-refractivity contribution in [2.24, 2.45) is 11.8 Å². The molecule has 2 aliphatic rings. The number of hydrazine groups is 1. The summed E-state index contributed by atoms with van der Waals surface area (Å²) in [6.45, 7) is 5.76. The molecule has 3 unspecified atom stereocenters. The summed E-state index contributed by atoms with van der Waals surface area (Å²) >= 11 is 0. The molecule has 100 valence electrons. The van der Waals surface area contributed by atoms with Crippen LogP contribution in [0.5, 0.6) is 0 Å². The van der Waals surface area contributed by atoms with Gasteiger partial charge in [0.05, 0.1) is 18.8 Å². The summed E-state index contributed by atoms with van der Waals surface area (Å²) in [6.07, 6.45) is 3.08. The van der Waals surface area contributed by atoms with Gasteiger partial charge in [0.2, 0.25) is 0 Å². The summed E-state index contributed by atoms with van der Waals surface area (Å²) in [5, 5.41) is 0. The molecule has 3 atom stereocenters. The molecule has 17 heavy (non-hydrogen) atoms. The highest BCUT2D eigenvalue weighted by atomic mass is 16.6. The van der Waals surface area contributed by atoms with E-state index in [-0.39, 0.29) is 11.6 Å². The van der Waals surface area contributed by atoms with E-state index < -0.39 is 0 Å². The number of rotatable bonds is 5. The molecule has 2 aliphatic heterocycles. The van der Waals surface area contributed by atoms with Crippen molar-refractivity contribution in [1.29, 1.82) is 0 Å². The van der Waals surface area contributed by atoms with Gasteiger partial charge in [-0.2, -0.15) is 0 Å². The minimum atomic E-state index is -0.0514. The van der Waals surface area contributed by atoms with Crippen molar-refractivity contribution in [2.75, 3.05) is 33.0 Å². The maximum Gasteiger partial charge on any atom is 0.0939 e. The molecule has 2 fully saturated rings. The zero-order valence-corrected chi connectivity index (χ0v) is 10.6. The number of nitrogens with one attached hydrogen (secondary N) is 1. The van der Waals surface area contributed by atoms with E-state index in [1.807, 2.05) is 6.92 Å². The van der Waals surface area contributed by atoms with Gasteiger partial charge in [-0.25, -0.2) is 0 Å². The van der Waals surface area contributed by atoms with Gasteiger partial charge in [-0.1, -0.05) is 0 Å². The SMILES string of the molecule is CCOCC(NN)C1CCOC2(CCOC2)C1. The molecular weight excluding hydrogens is 220 g/mol. The Balaban J connectivity index is 1.90. The average molecular weight is 244 g/mol. The Kier molecular flexibility index (Phi) is 4.76. The van der Waals surface area contributed by atoms with Gasteiger partial charge in [0.1, 0.15) is 0 Å². The molecule has 0 aliphatic carbocycles. The van der Waals surface area contributed by atoms with Crippen LogP contribution in [0.3, 0.4) is 0 Å². The van der Waals surface area contributed by atoms with Gasteiger partial charge >= 0.3 is 0 Å². The smallest absolute Gasteiger partial charge is 0.0939 e. The lowest BCUT2D eigenvalue weighted by Crippen LogP contribution is -2.50. The van der Waals surface area contributed by atoms with Crippen LogP contribution in [-0.4, -0.2) is 44.7 Å². The van der Waals surface area contributed by atoms with Crippen molar-refractivity contribution in [2.45, 2.75) is 37.8 Å². The van der Waals surface area contributed by atoms with Gasteiger partial charge in [0.25, 0.3) is 0 Å². The van der Waals surface area contributed by atoms with Gasteiger partial charge in [0, 0.05) is 32.3 Å². The maximum absolute atomic E-state index is 5.92. The number of nitrogens with two attached hydrogens (primary N) is 1. The number of hydrogen-bond acceptors (Lipinski definition) is 5. The highest BCUT2D eigenvalue weighted by Crippen LogP contribution is 2.36. The lowest BCUT2D eigenvalue weighted by atomic mass is 9.81. The van der Waals surface area contributed by atoms with Crippen molar-refractivity contribution >= 4 is 0 Å². The second kappa shape index (κ2) is 6.11. The monoisotopic (exact) mass is 244 g/mol. The molecule has 5 nitrogen and oxygen atoms in total. The van der Waals surface area contributed by atoms with E-state index in [4.69, 9.17) is 20.1 Å². The molecule has 2 saturated heterocycles. The van der Waals surface area contributed by atoms with Crippen LogP contribution in [0.25, 0.3) is 0 Å². The lowest BCUT2D eigenvalue weighted by molar-refractivity contribution is -0.106.